The summed E-state index contributed by atoms with van der Waals surface area (Å²) in [6.45, 7) is 5.03. The standard InChI is InChI=1S/C22H23ClN4O.ClH/c1-17-2-8-20(9-3-17)27-11-10-24-22(27)26-14-12-25(13-15-26)21(28)16-18-4-6-19(23)7-5-18;/h2-11H,12-16H2,1H3;1H. The minimum atomic E-state index is 0. The SMILES string of the molecule is Cc1ccc(-n2ccnc2N2CCN(C(=O)Cc3ccc(Cl)cc3)CC2)cc1.Cl. The van der Waals surface area contributed by atoms with Crippen LogP contribution >= 0.6 is 24.0 Å². The molecule has 0 saturated carbocycles. The molecule has 5 nitrogen and oxygen atoms in total. The first-order valence-electron chi connectivity index (χ1n) is 9.48. The lowest BCUT2D eigenvalue weighted by molar-refractivity contribution is -0.130. The Labute approximate surface area is 182 Å². The molecule has 0 spiro atoms. The number of carbonyl (C=O) groups excluding carboxylic acids is 1. The van der Waals surface area contributed by atoms with Crippen LogP contribution in [0.2, 0.25) is 5.02 Å². The summed E-state index contributed by atoms with van der Waals surface area (Å²) < 4.78 is 2.10. The van der Waals surface area contributed by atoms with E-state index >= 15 is 0 Å². The molecule has 1 saturated heterocycles. The largest absolute Gasteiger partial charge is 0.339 e. The zero-order chi connectivity index (χ0) is 19.5. The van der Waals surface area contributed by atoms with Crippen LogP contribution < -0.4 is 4.90 Å². The first-order chi connectivity index (χ1) is 13.6. The van der Waals surface area contributed by atoms with Gasteiger partial charge in [-0.1, -0.05) is 41.4 Å². The first kappa shape index (κ1) is 21.2. The van der Waals surface area contributed by atoms with E-state index in [-0.39, 0.29) is 18.3 Å². The molecule has 1 aliphatic heterocycles. The molecular weight excluding hydrogens is 407 g/mol. The molecule has 0 N–H and O–H groups in total. The quantitative estimate of drug-likeness (QED) is 0.624. The van der Waals surface area contributed by atoms with Crippen LogP contribution in [0.3, 0.4) is 0 Å². The number of hydrogen-bond acceptors (Lipinski definition) is 3. The van der Waals surface area contributed by atoms with Crippen molar-refractivity contribution < 1.29 is 4.79 Å². The Morgan fingerprint density at radius 2 is 1.66 bits per heavy atom. The van der Waals surface area contributed by atoms with Gasteiger partial charge in [0.05, 0.1) is 6.42 Å². The smallest absolute Gasteiger partial charge is 0.227 e. The number of halogens is 2. The van der Waals surface area contributed by atoms with Crippen molar-refractivity contribution in [2.75, 3.05) is 31.1 Å². The van der Waals surface area contributed by atoms with Crippen LogP contribution in [0.4, 0.5) is 5.95 Å². The Morgan fingerprint density at radius 1 is 1.00 bits per heavy atom. The molecule has 7 heteroatoms. The van der Waals surface area contributed by atoms with E-state index in [1.54, 1.807) is 0 Å². The van der Waals surface area contributed by atoms with Crippen molar-refractivity contribution >= 4 is 35.9 Å². The average molecular weight is 431 g/mol. The second-order valence-corrected chi connectivity index (χ2v) is 7.54. The van der Waals surface area contributed by atoms with Crippen LogP contribution in [-0.4, -0.2) is 46.5 Å². The number of amides is 1. The van der Waals surface area contributed by atoms with Gasteiger partial charge in [-0.3, -0.25) is 9.36 Å². The van der Waals surface area contributed by atoms with Crippen molar-refractivity contribution in [1.29, 1.82) is 0 Å². The van der Waals surface area contributed by atoms with Gasteiger partial charge in [-0.15, -0.1) is 12.4 Å². The number of aromatic nitrogens is 2. The van der Waals surface area contributed by atoms with Gasteiger partial charge < -0.3 is 9.80 Å². The highest BCUT2D eigenvalue weighted by Crippen LogP contribution is 2.20. The molecular formula is C22H24Cl2N4O. The van der Waals surface area contributed by atoms with Crippen LogP contribution in [0, 0.1) is 6.92 Å². The number of benzene rings is 2. The molecule has 0 radical (unpaired) electrons. The van der Waals surface area contributed by atoms with Gasteiger partial charge in [0, 0.05) is 49.3 Å². The van der Waals surface area contributed by atoms with Gasteiger partial charge in [-0.05, 0) is 36.8 Å². The summed E-state index contributed by atoms with van der Waals surface area (Å²) in [7, 11) is 0. The van der Waals surface area contributed by atoms with Crippen LogP contribution in [0.5, 0.6) is 0 Å². The van der Waals surface area contributed by atoms with Crippen molar-refractivity contribution in [3.63, 3.8) is 0 Å². The van der Waals surface area contributed by atoms with Crippen LogP contribution in [0.1, 0.15) is 11.1 Å². The summed E-state index contributed by atoms with van der Waals surface area (Å²) in [5, 5.41) is 0.689. The minimum Gasteiger partial charge on any atom is -0.339 e. The minimum absolute atomic E-state index is 0. The maximum atomic E-state index is 12.6. The Hall–Kier alpha value is -2.50. The lowest BCUT2D eigenvalue weighted by Gasteiger charge is -2.35. The fourth-order valence-electron chi connectivity index (χ4n) is 3.48. The number of rotatable bonds is 4. The second-order valence-electron chi connectivity index (χ2n) is 7.10. The molecule has 1 aromatic heterocycles. The van der Waals surface area contributed by atoms with Gasteiger partial charge in [0.15, 0.2) is 0 Å². The summed E-state index contributed by atoms with van der Waals surface area (Å²) in [6, 6.07) is 15.9. The van der Waals surface area contributed by atoms with E-state index in [0.29, 0.717) is 24.5 Å². The number of hydrogen-bond donors (Lipinski definition) is 0. The molecule has 1 fully saturated rings. The second kappa shape index (κ2) is 9.33. The normalized spacial score (nSPS) is 13.9. The third kappa shape index (κ3) is 4.92. The number of anilines is 1. The lowest BCUT2D eigenvalue weighted by Crippen LogP contribution is -2.49. The summed E-state index contributed by atoms with van der Waals surface area (Å²) in [4.78, 5) is 21.4. The molecule has 4 rings (SSSR count). The monoisotopic (exact) mass is 430 g/mol. The molecule has 0 aliphatic carbocycles. The van der Waals surface area contributed by atoms with Crippen LogP contribution in [-0.2, 0) is 11.2 Å². The van der Waals surface area contributed by atoms with E-state index in [9.17, 15) is 4.79 Å². The van der Waals surface area contributed by atoms with Crippen molar-refractivity contribution in [3.8, 4) is 5.69 Å². The highest BCUT2D eigenvalue weighted by molar-refractivity contribution is 6.30. The van der Waals surface area contributed by atoms with Crippen molar-refractivity contribution in [2.24, 2.45) is 0 Å². The average Bonchev–Trinajstić information content (AvgIpc) is 3.20. The number of imidazole rings is 1. The molecule has 2 aromatic carbocycles. The van der Waals surface area contributed by atoms with E-state index in [2.05, 4.69) is 45.6 Å². The lowest BCUT2D eigenvalue weighted by atomic mass is 10.1. The number of carbonyl (C=O) groups is 1. The third-order valence-electron chi connectivity index (χ3n) is 5.12. The van der Waals surface area contributed by atoms with Gasteiger partial charge in [0.25, 0.3) is 0 Å². The van der Waals surface area contributed by atoms with Crippen LogP contribution in [0.15, 0.2) is 60.9 Å². The van der Waals surface area contributed by atoms with Crippen molar-refractivity contribution in [3.05, 3.63) is 77.1 Å². The first-order valence-corrected chi connectivity index (χ1v) is 9.85. The summed E-state index contributed by atoms with van der Waals surface area (Å²) >= 11 is 5.92. The topological polar surface area (TPSA) is 41.4 Å². The van der Waals surface area contributed by atoms with Gasteiger partial charge >= 0.3 is 0 Å². The summed E-state index contributed by atoms with van der Waals surface area (Å²) in [5.41, 5.74) is 3.32. The maximum absolute atomic E-state index is 12.6. The predicted molar refractivity (Wildman–Crippen MR) is 119 cm³/mol. The number of nitrogens with zero attached hydrogens (tertiary/aromatic N) is 4. The Kier molecular flexibility index (Phi) is 6.83. The fraction of sp³-hybridized carbons (Fsp3) is 0.273. The van der Waals surface area contributed by atoms with E-state index in [1.165, 1.54) is 5.56 Å². The van der Waals surface area contributed by atoms with Gasteiger partial charge in [0.1, 0.15) is 0 Å². The molecule has 1 aliphatic rings. The van der Waals surface area contributed by atoms with Gasteiger partial charge in [0.2, 0.25) is 11.9 Å². The fourth-order valence-corrected chi connectivity index (χ4v) is 3.61. The zero-order valence-electron chi connectivity index (χ0n) is 16.3. The van der Waals surface area contributed by atoms with Gasteiger partial charge in [-0.2, -0.15) is 0 Å². The maximum Gasteiger partial charge on any atom is 0.227 e. The molecule has 0 bridgehead atoms. The van der Waals surface area contributed by atoms with Gasteiger partial charge in [-0.25, -0.2) is 4.98 Å². The Balaban J connectivity index is 0.00000240. The third-order valence-corrected chi connectivity index (χ3v) is 5.37. The molecule has 29 heavy (non-hydrogen) atoms. The highest BCUT2D eigenvalue weighted by Gasteiger charge is 2.23. The molecule has 2 heterocycles. The zero-order valence-corrected chi connectivity index (χ0v) is 17.9. The van der Waals surface area contributed by atoms with Crippen LogP contribution in [0.25, 0.3) is 5.69 Å². The van der Waals surface area contributed by atoms with Crippen molar-refractivity contribution in [1.82, 2.24) is 14.5 Å². The van der Waals surface area contributed by atoms with E-state index < -0.39 is 0 Å². The molecule has 1 amide bonds. The summed E-state index contributed by atoms with van der Waals surface area (Å²) in [5.74, 6) is 1.08. The Morgan fingerprint density at radius 3 is 2.31 bits per heavy atom. The Bertz CT molecular complexity index is 946. The highest BCUT2D eigenvalue weighted by atomic mass is 35.5. The van der Waals surface area contributed by atoms with E-state index in [0.717, 1.165) is 30.3 Å². The van der Waals surface area contributed by atoms with Crippen molar-refractivity contribution in [2.45, 2.75) is 13.3 Å². The van der Waals surface area contributed by atoms with E-state index in [1.807, 2.05) is 41.6 Å². The molecule has 3 aromatic rings. The molecule has 0 unspecified atom stereocenters. The summed E-state index contributed by atoms with van der Waals surface area (Å²) in [6.07, 6.45) is 4.22. The predicted octanol–water partition coefficient (Wildman–Crippen LogP) is 4.15. The molecule has 152 valence electrons. The number of piperazine rings is 1. The van der Waals surface area contributed by atoms with E-state index in [4.69, 9.17) is 11.6 Å². The number of aryl methyl sites for hydroxylation is 1. The molecule has 0 atom stereocenters.